The zero-order valence-electron chi connectivity index (χ0n) is 10.1. The highest BCUT2D eigenvalue weighted by Crippen LogP contribution is 2.28. The second-order valence-electron chi connectivity index (χ2n) is 4.28. The highest BCUT2D eigenvalue weighted by Gasteiger charge is 2.33. The molecule has 0 saturated heterocycles. The van der Waals surface area contributed by atoms with Gasteiger partial charge in [-0.3, -0.25) is 9.59 Å². The number of benzene rings is 1. The Morgan fingerprint density at radius 2 is 1.85 bits per heavy atom. The van der Waals surface area contributed by atoms with Crippen molar-refractivity contribution in [2.75, 3.05) is 0 Å². The van der Waals surface area contributed by atoms with Crippen LogP contribution >= 0.6 is 0 Å². The molecule has 0 N–H and O–H groups in total. The fourth-order valence-corrected chi connectivity index (χ4v) is 2.10. The van der Waals surface area contributed by atoms with Crippen LogP contribution in [0.5, 0.6) is 0 Å². The molecule has 0 unspecified atom stereocenters. The molecule has 1 aliphatic carbocycles. The average Bonchev–Trinajstić information content (AvgIpc) is 3.02. The third-order valence-electron chi connectivity index (χ3n) is 3.06. The second kappa shape index (κ2) is 4.31. The summed E-state index contributed by atoms with van der Waals surface area (Å²) in [6.07, 6.45) is 2.78. The van der Waals surface area contributed by atoms with Crippen LogP contribution in [0.1, 0.15) is 36.8 Å². The minimum Gasteiger partial charge on any atom is -0.545 e. The number of carboxylic acid groups (broad SMARTS) is 1. The Labute approximate surface area is 113 Å². The van der Waals surface area contributed by atoms with Crippen LogP contribution in [0.2, 0.25) is 0 Å². The fraction of sp³-hybridized carbons (Fsp3) is 0. The minimum atomic E-state index is -1.39. The molecular formula is C15H7O5-. The summed E-state index contributed by atoms with van der Waals surface area (Å²) in [5.74, 6) is -1.96. The van der Waals surface area contributed by atoms with Gasteiger partial charge in [-0.1, -0.05) is 6.07 Å². The maximum absolute atomic E-state index is 12.2. The normalized spacial score (nSPS) is 15.7. The van der Waals surface area contributed by atoms with E-state index in [0.717, 1.165) is 6.07 Å². The lowest BCUT2D eigenvalue weighted by Gasteiger charge is -2.03. The molecule has 0 radical (unpaired) electrons. The number of hydrogen-bond acceptors (Lipinski definition) is 5. The largest absolute Gasteiger partial charge is 0.545 e. The zero-order valence-corrected chi connectivity index (χ0v) is 10.1. The van der Waals surface area contributed by atoms with Gasteiger partial charge in [0.05, 0.1) is 17.8 Å². The number of carbonyl (C=O) groups is 3. The van der Waals surface area contributed by atoms with Gasteiger partial charge in [-0.25, -0.2) is 0 Å². The molecule has 0 atom stereocenters. The highest BCUT2D eigenvalue weighted by atomic mass is 16.4. The molecule has 1 aliphatic rings. The number of rotatable bonds is 2. The number of carbonyl (C=O) groups excluding carboxylic acids is 3. The van der Waals surface area contributed by atoms with Gasteiger partial charge in [0.15, 0.2) is 11.6 Å². The number of allylic oxidation sites excluding steroid dienone is 1. The van der Waals surface area contributed by atoms with Gasteiger partial charge in [0.1, 0.15) is 5.76 Å². The van der Waals surface area contributed by atoms with Gasteiger partial charge in [-0.05, 0) is 35.9 Å². The van der Waals surface area contributed by atoms with Gasteiger partial charge in [0.25, 0.3) is 0 Å². The van der Waals surface area contributed by atoms with E-state index in [4.69, 9.17) is 4.42 Å². The van der Waals surface area contributed by atoms with E-state index in [2.05, 4.69) is 0 Å². The lowest BCUT2D eigenvalue weighted by molar-refractivity contribution is -0.255. The Hall–Kier alpha value is -2.95. The monoisotopic (exact) mass is 267 g/mol. The smallest absolute Gasteiger partial charge is 0.197 e. The summed E-state index contributed by atoms with van der Waals surface area (Å²) < 4.78 is 5.07. The Balaban J connectivity index is 2.10. The van der Waals surface area contributed by atoms with Gasteiger partial charge in [-0.15, -0.1) is 0 Å². The van der Waals surface area contributed by atoms with Crippen molar-refractivity contribution in [2.24, 2.45) is 0 Å². The van der Waals surface area contributed by atoms with E-state index < -0.39 is 17.5 Å². The van der Waals surface area contributed by atoms with Crippen LogP contribution in [0.4, 0.5) is 0 Å². The number of carboxylic acids is 1. The molecule has 0 saturated carbocycles. The van der Waals surface area contributed by atoms with Crippen LogP contribution in [-0.2, 0) is 0 Å². The van der Waals surface area contributed by atoms with Gasteiger partial charge < -0.3 is 14.3 Å². The number of ketones is 2. The van der Waals surface area contributed by atoms with E-state index in [9.17, 15) is 19.5 Å². The van der Waals surface area contributed by atoms with Crippen molar-refractivity contribution in [2.45, 2.75) is 0 Å². The van der Waals surface area contributed by atoms with Crippen molar-refractivity contribution in [3.63, 3.8) is 0 Å². The quantitative estimate of drug-likeness (QED) is 0.600. The second-order valence-corrected chi connectivity index (χ2v) is 4.28. The predicted molar refractivity (Wildman–Crippen MR) is 66.1 cm³/mol. The van der Waals surface area contributed by atoms with Gasteiger partial charge >= 0.3 is 0 Å². The van der Waals surface area contributed by atoms with Crippen molar-refractivity contribution in [1.29, 1.82) is 0 Å². The van der Waals surface area contributed by atoms with Crippen LogP contribution in [0, 0.1) is 0 Å². The van der Waals surface area contributed by atoms with E-state index in [0.29, 0.717) is 5.76 Å². The summed E-state index contributed by atoms with van der Waals surface area (Å²) in [7, 11) is 0. The van der Waals surface area contributed by atoms with Crippen LogP contribution < -0.4 is 5.11 Å². The number of hydrogen-bond donors (Lipinski definition) is 0. The first-order valence-electron chi connectivity index (χ1n) is 5.78. The topological polar surface area (TPSA) is 87.4 Å². The van der Waals surface area contributed by atoms with Gasteiger partial charge in [0.2, 0.25) is 0 Å². The molecule has 3 rings (SSSR count). The minimum absolute atomic E-state index is 0.0366. The molecule has 0 amide bonds. The molecule has 98 valence electrons. The maximum Gasteiger partial charge on any atom is 0.197 e. The lowest BCUT2D eigenvalue weighted by atomic mass is 10.1. The predicted octanol–water partition coefficient (Wildman–Crippen LogP) is 1.11. The first-order chi connectivity index (χ1) is 9.58. The van der Waals surface area contributed by atoms with Crippen molar-refractivity contribution >= 4 is 23.6 Å². The summed E-state index contributed by atoms with van der Waals surface area (Å²) >= 11 is 0. The molecule has 0 bridgehead atoms. The third kappa shape index (κ3) is 1.76. The molecule has 0 spiro atoms. The SMILES string of the molecule is O=C([O-])c1ccc2c(c1)C(=O)C(=Cc1ccco1)C2=O. The summed E-state index contributed by atoms with van der Waals surface area (Å²) in [4.78, 5) is 35.1. The van der Waals surface area contributed by atoms with E-state index in [1.54, 1.807) is 12.1 Å². The summed E-state index contributed by atoms with van der Waals surface area (Å²) in [5.41, 5.74) is 0.0990. The first-order valence-corrected chi connectivity index (χ1v) is 5.78. The lowest BCUT2D eigenvalue weighted by Crippen LogP contribution is -2.22. The Bertz CT molecular complexity index is 766. The van der Waals surface area contributed by atoms with E-state index in [1.165, 1.54) is 24.5 Å². The summed E-state index contributed by atoms with van der Waals surface area (Å²) in [6, 6.07) is 6.98. The Morgan fingerprint density at radius 3 is 2.50 bits per heavy atom. The van der Waals surface area contributed by atoms with E-state index in [1.807, 2.05) is 0 Å². The van der Waals surface area contributed by atoms with Crippen LogP contribution in [0.25, 0.3) is 6.08 Å². The molecule has 1 heterocycles. The van der Waals surface area contributed by atoms with Crippen LogP contribution in [0.15, 0.2) is 46.6 Å². The van der Waals surface area contributed by atoms with Crippen molar-refractivity contribution < 1.29 is 23.9 Å². The highest BCUT2D eigenvalue weighted by molar-refractivity contribution is 6.41. The summed E-state index contributed by atoms with van der Waals surface area (Å²) in [5, 5.41) is 10.8. The number of aromatic carboxylic acids is 1. The van der Waals surface area contributed by atoms with E-state index >= 15 is 0 Å². The van der Waals surface area contributed by atoms with Gasteiger partial charge in [0, 0.05) is 11.1 Å². The number of fused-ring (bicyclic) bond motifs is 1. The number of furan rings is 1. The molecule has 0 aliphatic heterocycles. The van der Waals surface area contributed by atoms with Crippen LogP contribution in [0.3, 0.4) is 0 Å². The average molecular weight is 267 g/mol. The molecular weight excluding hydrogens is 260 g/mol. The molecule has 5 heteroatoms. The number of Topliss-reactive ketones (excluding diaryl/α,β-unsaturated/α-hetero) is 2. The summed E-state index contributed by atoms with van der Waals surface area (Å²) in [6.45, 7) is 0. The fourth-order valence-electron chi connectivity index (χ4n) is 2.10. The Morgan fingerprint density at radius 1 is 1.10 bits per heavy atom. The molecule has 20 heavy (non-hydrogen) atoms. The maximum atomic E-state index is 12.2. The molecule has 0 fully saturated rings. The third-order valence-corrected chi connectivity index (χ3v) is 3.06. The van der Waals surface area contributed by atoms with E-state index in [-0.39, 0.29) is 22.3 Å². The molecule has 1 aromatic heterocycles. The first kappa shape index (κ1) is 12.1. The van der Waals surface area contributed by atoms with Crippen molar-refractivity contribution in [3.8, 4) is 0 Å². The Kier molecular flexibility index (Phi) is 2.61. The molecule has 2 aromatic rings. The molecule has 1 aromatic carbocycles. The van der Waals surface area contributed by atoms with Crippen molar-refractivity contribution in [3.05, 3.63) is 64.6 Å². The zero-order chi connectivity index (χ0) is 14.3. The molecule has 5 nitrogen and oxygen atoms in total. The van der Waals surface area contributed by atoms with Crippen LogP contribution in [-0.4, -0.2) is 17.5 Å². The van der Waals surface area contributed by atoms with Gasteiger partial charge in [-0.2, -0.15) is 0 Å². The van der Waals surface area contributed by atoms with Crippen molar-refractivity contribution in [1.82, 2.24) is 0 Å². The standard InChI is InChI=1S/C15H8O5/c16-13-10-4-3-8(15(18)19)6-11(10)14(17)12(13)7-9-2-1-5-20-9/h1-7H,(H,18,19)/p-1.